The summed E-state index contributed by atoms with van der Waals surface area (Å²) in [4.78, 5) is 11.2. The Kier molecular flexibility index (Phi) is 4.23. The zero-order valence-corrected chi connectivity index (χ0v) is 14.4. The van der Waals surface area contributed by atoms with E-state index in [4.69, 9.17) is 9.72 Å². The second-order valence-corrected chi connectivity index (χ2v) is 6.09. The van der Waals surface area contributed by atoms with Crippen LogP contribution < -0.4 is 9.64 Å². The van der Waals surface area contributed by atoms with Crippen LogP contribution >= 0.6 is 0 Å². The van der Waals surface area contributed by atoms with Gasteiger partial charge in [0.05, 0.1) is 24.1 Å². The number of benzene rings is 2. The average Bonchev–Trinajstić information content (AvgIpc) is 3.22. The van der Waals surface area contributed by atoms with E-state index in [1.54, 1.807) is 6.08 Å². The molecule has 2 aromatic carbocycles. The number of ether oxygens (including phenoxy) is 1. The van der Waals surface area contributed by atoms with E-state index in [0.29, 0.717) is 5.76 Å². The Labute approximate surface area is 152 Å². The number of pyridine rings is 1. The van der Waals surface area contributed by atoms with Crippen molar-refractivity contribution in [1.82, 2.24) is 4.98 Å². The predicted octanol–water partition coefficient (Wildman–Crippen LogP) is 4.83. The van der Waals surface area contributed by atoms with Gasteiger partial charge in [-0.15, -0.1) is 0 Å². The number of hydrogen-bond donors (Lipinski definition) is 0. The van der Waals surface area contributed by atoms with Gasteiger partial charge in [0.15, 0.2) is 0 Å². The van der Waals surface area contributed by atoms with Gasteiger partial charge in [-0.05, 0) is 54.6 Å². The van der Waals surface area contributed by atoms with Crippen LogP contribution in [-0.4, -0.2) is 24.4 Å². The van der Waals surface area contributed by atoms with E-state index in [1.165, 1.54) is 0 Å². The number of nitrogens with zero attached hydrogens (tertiary/aromatic N) is 3. The van der Waals surface area contributed by atoms with E-state index in [0.717, 1.165) is 46.7 Å². The molecule has 0 saturated carbocycles. The van der Waals surface area contributed by atoms with Crippen molar-refractivity contribution >= 4 is 22.9 Å². The van der Waals surface area contributed by atoms with Gasteiger partial charge in [0.25, 0.3) is 0 Å². The van der Waals surface area contributed by atoms with Gasteiger partial charge in [-0.2, -0.15) is 0 Å². The number of hydrogen-bond acceptors (Lipinski definition) is 4. The van der Waals surface area contributed by atoms with Crippen LogP contribution in [0.3, 0.4) is 0 Å². The first-order chi connectivity index (χ1) is 12.7. The SMILES string of the molecule is C=CC(=C)Oc1ccc(-c2ccc3cc(N4C=NCC4)ccc3n2)cc1. The number of aliphatic imine (C=N–C) groups is 1. The van der Waals surface area contributed by atoms with Crippen LogP contribution in [0.1, 0.15) is 0 Å². The van der Waals surface area contributed by atoms with Crippen molar-refractivity contribution in [2.75, 3.05) is 18.0 Å². The van der Waals surface area contributed by atoms with Crippen molar-refractivity contribution in [3.8, 4) is 17.0 Å². The molecule has 1 aromatic heterocycles. The topological polar surface area (TPSA) is 37.7 Å². The van der Waals surface area contributed by atoms with E-state index >= 15 is 0 Å². The minimum absolute atomic E-state index is 0.528. The third kappa shape index (κ3) is 3.22. The molecule has 0 spiro atoms. The van der Waals surface area contributed by atoms with Crippen molar-refractivity contribution < 1.29 is 4.74 Å². The summed E-state index contributed by atoms with van der Waals surface area (Å²) in [5.74, 6) is 1.26. The molecule has 26 heavy (non-hydrogen) atoms. The second kappa shape index (κ2) is 6.84. The highest BCUT2D eigenvalue weighted by Gasteiger charge is 2.09. The van der Waals surface area contributed by atoms with Crippen LogP contribution in [0, 0.1) is 0 Å². The third-order valence-electron chi connectivity index (χ3n) is 4.32. The molecule has 4 nitrogen and oxygen atoms in total. The fraction of sp³-hybridized carbons (Fsp3) is 0.0909. The van der Waals surface area contributed by atoms with Crippen LogP contribution in [0.5, 0.6) is 5.75 Å². The molecule has 0 amide bonds. The fourth-order valence-corrected chi connectivity index (χ4v) is 2.91. The summed E-state index contributed by atoms with van der Waals surface area (Å²) in [6.45, 7) is 9.18. The molecule has 0 bridgehead atoms. The highest BCUT2D eigenvalue weighted by atomic mass is 16.5. The lowest BCUT2D eigenvalue weighted by molar-refractivity contribution is 0.447. The van der Waals surface area contributed by atoms with Gasteiger partial charge in [0.2, 0.25) is 0 Å². The van der Waals surface area contributed by atoms with E-state index in [-0.39, 0.29) is 0 Å². The van der Waals surface area contributed by atoms with Gasteiger partial charge in [-0.3, -0.25) is 4.99 Å². The minimum Gasteiger partial charge on any atom is -0.458 e. The number of aromatic nitrogens is 1. The van der Waals surface area contributed by atoms with E-state index in [1.807, 2.05) is 36.7 Å². The average molecular weight is 341 g/mol. The van der Waals surface area contributed by atoms with Crippen LogP contribution in [0.2, 0.25) is 0 Å². The monoisotopic (exact) mass is 341 g/mol. The number of allylic oxidation sites excluding steroid dienone is 1. The Morgan fingerprint density at radius 1 is 1.08 bits per heavy atom. The van der Waals surface area contributed by atoms with Crippen molar-refractivity contribution in [2.45, 2.75) is 0 Å². The molecule has 2 heterocycles. The number of rotatable bonds is 5. The highest BCUT2D eigenvalue weighted by Crippen LogP contribution is 2.26. The first-order valence-electron chi connectivity index (χ1n) is 8.50. The molecule has 0 fully saturated rings. The Hall–Kier alpha value is -3.40. The van der Waals surface area contributed by atoms with Crippen molar-refractivity contribution in [1.29, 1.82) is 0 Å². The lowest BCUT2D eigenvalue weighted by atomic mass is 10.1. The number of anilines is 1. The van der Waals surface area contributed by atoms with Crippen LogP contribution in [0.15, 0.2) is 84.6 Å². The Morgan fingerprint density at radius 2 is 1.92 bits per heavy atom. The van der Waals surface area contributed by atoms with E-state index in [9.17, 15) is 0 Å². The standard InChI is InChI=1S/C22H19N3O/c1-3-16(2)26-20-8-4-17(5-9-20)21-10-6-18-14-19(7-11-22(18)24-21)25-13-12-23-15-25/h3-11,14-15H,1-2,12-13H2. The lowest BCUT2D eigenvalue weighted by Crippen LogP contribution is -2.17. The van der Waals surface area contributed by atoms with Crippen molar-refractivity contribution in [3.05, 3.63) is 79.6 Å². The van der Waals surface area contributed by atoms with Crippen molar-refractivity contribution in [2.24, 2.45) is 4.99 Å². The maximum atomic E-state index is 5.54. The third-order valence-corrected chi connectivity index (χ3v) is 4.32. The quantitative estimate of drug-likeness (QED) is 0.493. The van der Waals surface area contributed by atoms with Crippen LogP contribution in [-0.2, 0) is 0 Å². The Balaban J connectivity index is 1.60. The summed E-state index contributed by atoms with van der Waals surface area (Å²) >= 11 is 0. The molecular weight excluding hydrogens is 322 g/mol. The normalized spacial score (nSPS) is 13.2. The highest BCUT2D eigenvalue weighted by molar-refractivity contribution is 5.89. The molecule has 0 aliphatic carbocycles. The fourth-order valence-electron chi connectivity index (χ4n) is 2.91. The molecule has 0 saturated heterocycles. The smallest absolute Gasteiger partial charge is 0.127 e. The Morgan fingerprint density at radius 3 is 2.65 bits per heavy atom. The van der Waals surface area contributed by atoms with Crippen molar-refractivity contribution in [3.63, 3.8) is 0 Å². The Bertz CT molecular complexity index is 1010. The maximum absolute atomic E-state index is 5.54. The van der Waals surface area contributed by atoms with Gasteiger partial charge in [-0.1, -0.05) is 19.2 Å². The molecule has 0 radical (unpaired) electrons. The van der Waals surface area contributed by atoms with Crippen LogP contribution in [0.25, 0.3) is 22.2 Å². The minimum atomic E-state index is 0.528. The molecule has 128 valence electrons. The molecule has 0 N–H and O–H groups in total. The van der Waals surface area contributed by atoms with Crippen LogP contribution in [0.4, 0.5) is 5.69 Å². The van der Waals surface area contributed by atoms with Gasteiger partial charge < -0.3 is 9.64 Å². The molecule has 0 unspecified atom stereocenters. The molecular formula is C22H19N3O. The van der Waals surface area contributed by atoms with E-state index < -0.39 is 0 Å². The first-order valence-corrected chi connectivity index (χ1v) is 8.50. The lowest BCUT2D eigenvalue weighted by Gasteiger charge is -2.14. The van der Waals surface area contributed by atoms with Gasteiger partial charge in [0, 0.05) is 23.2 Å². The zero-order valence-electron chi connectivity index (χ0n) is 14.4. The molecule has 3 aromatic rings. The zero-order chi connectivity index (χ0) is 17.9. The summed E-state index contributed by atoms with van der Waals surface area (Å²) in [6.07, 6.45) is 3.48. The summed E-state index contributed by atoms with van der Waals surface area (Å²) < 4.78 is 5.54. The summed E-state index contributed by atoms with van der Waals surface area (Å²) in [5, 5.41) is 1.12. The molecule has 1 aliphatic rings. The number of fused-ring (bicyclic) bond motifs is 1. The van der Waals surface area contributed by atoms with E-state index in [2.05, 4.69) is 47.3 Å². The second-order valence-electron chi connectivity index (χ2n) is 6.09. The molecule has 0 atom stereocenters. The summed E-state index contributed by atoms with van der Waals surface area (Å²) in [7, 11) is 0. The summed E-state index contributed by atoms with van der Waals surface area (Å²) in [5.41, 5.74) is 4.10. The van der Waals surface area contributed by atoms with Gasteiger partial charge in [0.1, 0.15) is 11.5 Å². The van der Waals surface area contributed by atoms with Gasteiger partial charge >= 0.3 is 0 Å². The maximum Gasteiger partial charge on any atom is 0.127 e. The molecule has 1 aliphatic heterocycles. The van der Waals surface area contributed by atoms with Gasteiger partial charge in [-0.25, -0.2) is 4.98 Å². The molecule has 4 rings (SSSR count). The summed E-state index contributed by atoms with van der Waals surface area (Å²) in [6, 6.07) is 18.3. The first kappa shape index (κ1) is 16.1. The predicted molar refractivity (Wildman–Crippen MR) is 108 cm³/mol. The molecule has 4 heteroatoms. The largest absolute Gasteiger partial charge is 0.458 e.